The molecule has 0 aliphatic carbocycles. The number of aryl methyl sites for hydroxylation is 1. The third-order valence-corrected chi connectivity index (χ3v) is 3.88. The van der Waals surface area contributed by atoms with Gasteiger partial charge in [-0.05, 0) is 25.1 Å². The second-order valence-corrected chi connectivity index (χ2v) is 5.64. The van der Waals surface area contributed by atoms with Gasteiger partial charge in [-0.3, -0.25) is 0 Å². The lowest BCUT2D eigenvalue weighted by Crippen LogP contribution is -2.03. The number of imidazole rings is 1. The number of benzene rings is 1. The van der Waals surface area contributed by atoms with Crippen LogP contribution in [0.1, 0.15) is 6.92 Å². The fourth-order valence-corrected chi connectivity index (χ4v) is 2.68. The van der Waals surface area contributed by atoms with Crippen molar-refractivity contribution in [1.29, 1.82) is 0 Å². The Bertz CT molecular complexity index is 1140. The molecule has 0 atom stereocenters. The molecule has 27 heavy (non-hydrogen) atoms. The summed E-state index contributed by atoms with van der Waals surface area (Å²) in [6.07, 6.45) is 3.10. The Labute approximate surface area is 152 Å². The molecule has 0 bridgehead atoms. The Balaban J connectivity index is 1.76. The number of aromatic nitrogens is 6. The predicted molar refractivity (Wildman–Crippen MR) is 96.1 cm³/mol. The Morgan fingerprint density at radius 2 is 1.93 bits per heavy atom. The zero-order valence-corrected chi connectivity index (χ0v) is 14.2. The molecule has 0 saturated carbocycles. The van der Waals surface area contributed by atoms with E-state index in [-0.39, 0.29) is 11.9 Å². The molecule has 3 aromatic heterocycles. The highest BCUT2D eigenvalue weighted by Gasteiger charge is 2.15. The van der Waals surface area contributed by atoms with Crippen LogP contribution in [0.3, 0.4) is 0 Å². The van der Waals surface area contributed by atoms with Gasteiger partial charge >= 0.3 is 0 Å². The molecule has 0 spiro atoms. The van der Waals surface area contributed by atoms with Crippen molar-refractivity contribution in [3.63, 3.8) is 0 Å². The van der Waals surface area contributed by atoms with Crippen molar-refractivity contribution in [1.82, 2.24) is 29.5 Å². The predicted octanol–water partition coefficient (Wildman–Crippen LogP) is 2.91. The van der Waals surface area contributed by atoms with Gasteiger partial charge in [-0.15, -0.1) is 0 Å². The summed E-state index contributed by atoms with van der Waals surface area (Å²) in [5.41, 5.74) is 7.70. The number of rotatable bonds is 4. The molecule has 0 aliphatic rings. The Hall–Kier alpha value is -3.69. The van der Waals surface area contributed by atoms with Gasteiger partial charge in [0.15, 0.2) is 23.1 Å². The number of hydrogen-bond donors (Lipinski definition) is 2. The molecule has 3 N–H and O–H groups in total. The Kier molecular flexibility index (Phi) is 4.07. The quantitative estimate of drug-likeness (QED) is 0.570. The second kappa shape index (κ2) is 6.56. The Morgan fingerprint density at radius 1 is 1.07 bits per heavy atom. The highest BCUT2D eigenvalue weighted by Crippen LogP contribution is 2.24. The summed E-state index contributed by atoms with van der Waals surface area (Å²) in [4.78, 5) is 21.2. The molecule has 10 heteroatoms. The van der Waals surface area contributed by atoms with Crippen molar-refractivity contribution in [2.24, 2.45) is 0 Å². The van der Waals surface area contributed by atoms with Crippen molar-refractivity contribution in [2.75, 3.05) is 11.1 Å². The van der Waals surface area contributed by atoms with Gasteiger partial charge in [0.2, 0.25) is 11.9 Å². The number of fused-ring (bicyclic) bond motifs is 1. The molecule has 4 rings (SSSR count). The molecule has 0 amide bonds. The number of nitrogens with one attached hydrogen (secondary N) is 1. The zero-order chi connectivity index (χ0) is 19.0. The van der Waals surface area contributed by atoms with Crippen molar-refractivity contribution in [3.05, 3.63) is 48.3 Å². The lowest BCUT2D eigenvalue weighted by Gasteiger charge is -2.07. The third kappa shape index (κ3) is 3.12. The first-order valence-electron chi connectivity index (χ1n) is 8.09. The van der Waals surface area contributed by atoms with Crippen LogP contribution in [-0.4, -0.2) is 29.5 Å². The SMILES string of the molecule is CCn1c(-c2ccnc(N)n2)nc2cnc(Nc3ccc(F)c(F)c3)nc21. The standard InChI is InChI=1S/C17H14F2N8/c1-2-27-14(12-5-6-21-16(20)25-12)24-13-8-22-17(26-15(13)27)23-9-3-4-10(18)11(19)7-9/h3-8H,2H2,1H3,(H2,20,21,25)(H,22,23,26). The largest absolute Gasteiger partial charge is 0.368 e. The Morgan fingerprint density at radius 3 is 2.67 bits per heavy atom. The first kappa shape index (κ1) is 16.8. The fourth-order valence-electron chi connectivity index (χ4n) is 2.68. The lowest BCUT2D eigenvalue weighted by molar-refractivity contribution is 0.509. The van der Waals surface area contributed by atoms with Crippen LogP contribution in [-0.2, 0) is 6.54 Å². The normalized spacial score (nSPS) is 11.1. The molecule has 0 radical (unpaired) electrons. The monoisotopic (exact) mass is 368 g/mol. The summed E-state index contributed by atoms with van der Waals surface area (Å²) in [6, 6.07) is 5.18. The van der Waals surface area contributed by atoms with Gasteiger partial charge in [0, 0.05) is 24.5 Å². The highest BCUT2D eigenvalue weighted by molar-refractivity contribution is 5.77. The van der Waals surface area contributed by atoms with Crippen LogP contribution in [0, 0.1) is 11.6 Å². The average Bonchev–Trinajstić information content (AvgIpc) is 3.02. The van der Waals surface area contributed by atoms with E-state index in [4.69, 9.17) is 5.73 Å². The summed E-state index contributed by atoms with van der Waals surface area (Å²) in [7, 11) is 0. The zero-order valence-electron chi connectivity index (χ0n) is 14.2. The fraction of sp³-hybridized carbons (Fsp3) is 0.118. The van der Waals surface area contributed by atoms with Gasteiger partial charge in [0.05, 0.1) is 6.20 Å². The van der Waals surface area contributed by atoms with E-state index < -0.39 is 11.6 Å². The van der Waals surface area contributed by atoms with E-state index in [0.717, 1.165) is 12.1 Å². The first-order chi connectivity index (χ1) is 13.0. The van der Waals surface area contributed by atoms with E-state index >= 15 is 0 Å². The molecule has 0 aliphatic heterocycles. The van der Waals surface area contributed by atoms with Gasteiger partial charge in [0.1, 0.15) is 11.2 Å². The van der Waals surface area contributed by atoms with E-state index in [1.807, 2.05) is 11.5 Å². The van der Waals surface area contributed by atoms with Crippen LogP contribution in [0.4, 0.5) is 26.4 Å². The summed E-state index contributed by atoms with van der Waals surface area (Å²) in [5.74, 6) is -0.912. The van der Waals surface area contributed by atoms with Gasteiger partial charge in [0.25, 0.3) is 0 Å². The van der Waals surface area contributed by atoms with Crippen molar-refractivity contribution in [2.45, 2.75) is 13.5 Å². The van der Waals surface area contributed by atoms with Gasteiger partial charge < -0.3 is 15.6 Å². The molecule has 1 aromatic carbocycles. The summed E-state index contributed by atoms with van der Waals surface area (Å²) >= 11 is 0. The maximum absolute atomic E-state index is 13.4. The smallest absolute Gasteiger partial charge is 0.229 e. The maximum atomic E-state index is 13.4. The minimum atomic E-state index is -0.955. The van der Waals surface area contributed by atoms with Crippen LogP contribution in [0.15, 0.2) is 36.7 Å². The third-order valence-electron chi connectivity index (χ3n) is 3.88. The van der Waals surface area contributed by atoms with Gasteiger partial charge in [-0.25, -0.2) is 28.7 Å². The van der Waals surface area contributed by atoms with Crippen LogP contribution >= 0.6 is 0 Å². The minimum Gasteiger partial charge on any atom is -0.368 e. The first-order valence-corrected chi connectivity index (χ1v) is 8.09. The number of hydrogen-bond acceptors (Lipinski definition) is 7. The van der Waals surface area contributed by atoms with Crippen molar-refractivity contribution in [3.8, 4) is 11.5 Å². The van der Waals surface area contributed by atoms with E-state index in [2.05, 4.69) is 30.2 Å². The molecule has 0 unspecified atom stereocenters. The number of halogens is 2. The maximum Gasteiger partial charge on any atom is 0.229 e. The molecule has 136 valence electrons. The molecule has 3 heterocycles. The van der Waals surface area contributed by atoms with E-state index in [1.54, 1.807) is 18.5 Å². The molecule has 0 fully saturated rings. The van der Waals surface area contributed by atoms with Gasteiger partial charge in [-0.1, -0.05) is 0 Å². The van der Waals surface area contributed by atoms with Crippen LogP contribution in [0.5, 0.6) is 0 Å². The summed E-state index contributed by atoms with van der Waals surface area (Å²) in [6.45, 7) is 2.52. The number of nitrogens with two attached hydrogens (primary N) is 1. The molecule has 4 aromatic rings. The van der Waals surface area contributed by atoms with E-state index in [9.17, 15) is 8.78 Å². The average molecular weight is 368 g/mol. The summed E-state index contributed by atoms with van der Waals surface area (Å²) in [5, 5.41) is 2.86. The van der Waals surface area contributed by atoms with Crippen molar-refractivity contribution < 1.29 is 8.78 Å². The lowest BCUT2D eigenvalue weighted by atomic mass is 10.3. The van der Waals surface area contributed by atoms with Gasteiger partial charge in [-0.2, -0.15) is 4.98 Å². The topological polar surface area (TPSA) is 107 Å². The number of nitrogens with zero attached hydrogens (tertiary/aromatic N) is 6. The van der Waals surface area contributed by atoms with Crippen LogP contribution in [0.25, 0.3) is 22.7 Å². The van der Waals surface area contributed by atoms with Crippen LogP contribution in [0.2, 0.25) is 0 Å². The second-order valence-electron chi connectivity index (χ2n) is 5.64. The highest BCUT2D eigenvalue weighted by atomic mass is 19.2. The van der Waals surface area contributed by atoms with Crippen LogP contribution < -0.4 is 11.1 Å². The molecule has 8 nitrogen and oxygen atoms in total. The molecular weight excluding hydrogens is 354 g/mol. The molecule has 0 saturated heterocycles. The van der Waals surface area contributed by atoms with E-state index in [1.165, 1.54) is 6.07 Å². The number of anilines is 3. The van der Waals surface area contributed by atoms with E-state index in [0.29, 0.717) is 34.9 Å². The number of nitrogen functional groups attached to an aromatic ring is 1. The molecular formula is C17H14F2N8. The minimum absolute atomic E-state index is 0.147. The summed E-state index contributed by atoms with van der Waals surface area (Å²) < 4.78 is 28.3. The van der Waals surface area contributed by atoms with Crippen molar-refractivity contribution >= 4 is 28.7 Å².